The Balaban J connectivity index is 1.52. The SMILES string of the molecule is CC1(C)CCC(c2nc(-c3ncn4c3c(=O)n(Cc3ccccn3)c3cc(Cl)ccc34)no2)O1. The van der Waals surface area contributed by atoms with Gasteiger partial charge in [-0.2, -0.15) is 4.98 Å². The Labute approximate surface area is 199 Å². The average molecular weight is 477 g/mol. The van der Waals surface area contributed by atoms with E-state index in [0.29, 0.717) is 27.6 Å². The van der Waals surface area contributed by atoms with Crippen LogP contribution in [0.25, 0.3) is 28.1 Å². The quantitative estimate of drug-likeness (QED) is 0.378. The molecule has 4 aromatic heterocycles. The van der Waals surface area contributed by atoms with Crippen molar-refractivity contribution in [2.75, 3.05) is 0 Å². The number of nitrogens with zero attached hydrogens (tertiary/aromatic N) is 6. The third-order valence-corrected chi connectivity index (χ3v) is 6.38. The van der Waals surface area contributed by atoms with Crippen LogP contribution in [0.4, 0.5) is 0 Å². The lowest BCUT2D eigenvalue weighted by molar-refractivity contribution is -0.0292. The van der Waals surface area contributed by atoms with E-state index in [9.17, 15) is 4.79 Å². The average Bonchev–Trinajstić information content (AvgIpc) is 3.55. The van der Waals surface area contributed by atoms with E-state index in [-0.39, 0.29) is 29.6 Å². The molecule has 5 aromatic rings. The van der Waals surface area contributed by atoms with Crippen LogP contribution in [-0.2, 0) is 11.3 Å². The van der Waals surface area contributed by atoms with E-state index in [1.807, 2.05) is 38.1 Å². The highest BCUT2D eigenvalue weighted by Gasteiger charge is 2.36. The Hall–Kier alpha value is -3.56. The van der Waals surface area contributed by atoms with Crippen molar-refractivity contribution in [3.8, 4) is 11.5 Å². The molecule has 0 saturated carbocycles. The van der Waals surface area contributed by atoms with Crippen LogP contribution in [0.1, 0.15) is 44.4 Å². The zero-order chi connectivity index (χ0) is 23.4. The molecule has 0 amide bonds. The Morgan fingerprint density at radius 1 is 1.18 bits per heavy atom. The highest BCUT2D eigenvalue weighted by atomic mass is 35.5. The van der Waals surface area contributed by atoms with Crippen molar-refractivity contribution in [2.45, 2.75) is 44.9 Å². The van der Waals surface area contributed by atoms with Gasteiger partial charge in [0.15, 0.2) is 0 Å². The molecule has 9 nitrogen and oxygen atoms in total. The first kappa shape index (κ1) is 21.0. The topological polar surface area (TPSA) is 100 Å². The maximum Gasteiger partial charge on any atom is 0.278 e. The molecule has 34 heavy (non-hydrogen) atoms. The van der Waals surface area contributed by atoms with Crippen molar-refractivity contribution in [2.24, 2.45) is 0 Å². The molecule has 1 aliphatic rings. The van der Waals surface area contributed by atoms with Gasteiger partial charge in [0.1, 0.15) is 23.6 Å². The number of hydrogen-bond donors (Lipinski definition) is 0. The van der Waals surface area contributed by atoms with Gasteiger partial charge in [-0.1, -0.05) is 22.8 Å². The van der Waals surface area contributed by atoms with Gasteiger partial charge in [0.05, 0.1) is 28.9 Å². The van der Waals surface area contributed by atoms with E-state index < -0.39 is 0 Å². The summed E-state index contributed by atoms with van der Waals surface area (Å²) < 4.78 is 14.9. The smallest absolute Gasteiger partial charge is 0.278 e. The van der Waals surface area contributed by atoms with Crippen LogP contribution >= 0.6 is 11.6 Å². The summed E-state index contributed by atoms with van der Waals surface area (Å²) in [7, 11) is 0. The molecule has 1 saturated heterocycles. The summed E-state index contributed by atoms with van der Waals surface area (Å²) in [6, 6.07) is 11.0. The fourth-order valence-corrected chi connectivity index (χ4v) is 4.65. The number of rotatable bonds is 4. The molecular formula is C24H21ClN6O3. The molecule has 10 heteroatoms. The van der Waals surface area contributed by atoms with Gasteiger partial charge in [0, 0.05) is 11.2 Å². The van der Waals surface area contributed by atoms with Crippen LogP contribution in [0.3, 0.4) is 0 Å². The van der Waals surface area contributed by atoms with Gasteiger partial charge < -0.3 is 9.26 Å². The van der Waals surface area contributed by atoms with Crippen LogP contribution in [0.5, 0.6) is 0 Å². The lowest BCUT2D eigenvalue weighted by Gasteiger charge is -2.17. The van der Waals surface area contributed by atoms with Crippen LogP contribution < -0.4 is 5.56 Å². The molecule has 0 radical (unpaired) electrons. The summed E-state index contributed by atoms with van der Waals surface area (Å²) in [5, 5.41) is 4.66. The molecule has 1 fully saturated rings. The van der Waals surface area contributed by atoms with Crippen LogP contribution in [-0.4, -0.2) is 34.7 Å². The summed E-state index contributed by atoms with van der Waals surface area (Å²) in [5.74, 6) is 0.642. The van der Waals surface area contributed by atoms with Gasteiger partial charge in [-0.05, 0) is 57.0 Å². The molecule has 172 valence electrons. The van der Waals surface area contributed by atoms with Gasteiger partial charge >= 0.3 is 0 Å². The Morgan fingerprint density at radius 3 is 2.82 bits per heavy atom. The highest BCUT2D eigenvalue weighted by Crippen LogP contribution is 2.38. The van der Waals surface area contributed by atoms with Crippen molar-refractivity contribution in [3.05, 3.63) is 75.9 Å². The monoisotopic (exact) mass is 476 g/mol. The summed E-state index contributed by atoms with van der Waals surface area (Å²) in [6.45, 7) is 4.35. The Kier molecular flexibility index (Phi) is 4.79. The second kappa shape index (κ2) is 7.75. The summed E-state index contributed by atoms with van der Waals surface area (Å²) >= 11 is 6.28. The fourth-order valence-electron chi connectivity index (χ4n) is 4.48. The highest BCUT2D eigenvalue weighted by molar-refractivity contribution is 6.31. The van der Waals surface area contributed by atoms with Gasteiger partial charge in [-0.25, -0.2) is 4.98 Å². The fraction of sp³-hybridized carbons (Fsp3) is 0.292. The van der Waals surface area contributed by atoms with Crippen molar-refractivity contribution in [1.29, 1.82) is 0 Å². The standard InChI is InChI=1S/C24H21ClN6O3/c1-24(2)9-8-18(33-24)22-28-21(29-34-22)19-20-23(32)30(12-15-5-3-4-10-26-15)17-11-14(25)6-7-16(17)31(20)13-27-19/h3-7,10-11,13,18H,8-9,12H2,1-2H3. The summed E-state index contributed by atoms with van der Waals surface area (Å²) in [6.07, 6.45) is 4.72. The summed E-state index contributed by atoms with van der Waals surface area (Å²) in [4.78, 5) is 27.2. The zero-order valence-electron chi connectivity index (χ0n) is 18.6. The third-order valence-electron chi connectivity index (χ3n) is 6.15. The van der Waals surface area contributed by atoms with Gasteiger partial charge in [-0.3, -0.25) is 18.7 Å². The number of halogens is 1. The normalized spacial score (nSPS) is 17.7. The van der Waals surface area contributed by atoms with Crippen LogP contribution in [0.15, 0.2) is 58.2 Å². The second-order valence-corrected chi connectivity index (χ2v) is 9.45. The molecule has 0 N–H and O–H groups in total. The molecule has 1 aromatic carbocycles. The predicted octanol–water partition coefficient (Wildman–Crippen LogP) is 4.43. The minimum absolute atomic E-state index is 0.236. The first-order valence-corrected chi connectivity index (χ1v) is 11.4. The number of imidazole rings is 1. The molecule has 1 aliphatic heterocycles. The van der Waals surface area contributed by atoms with Crippen LogP contribution in [0, 0.1) is 0 Å². The van der Waals surface area contributed by atoms with Crippen LogP contribution in [0.2, 0.25) is 5.02 Å². The molecular weight excluding hydrogens is 456 g/mol. The predicted molar refractivity (Wildman–Crippen MR) is 126 cm³/mol. The van der Waals surface area contributed by atoms with E-state index in [2.05, 4.69) is 20.1 Å². The molecule has 0 bridgehead atoms. The van der Waals surface area contributed by atoms with E-state index in [0.717, 1.165) is 24.1 Å². The van der Waals surface area contributed by atoms with Crippen molar-refractivity contribution in [3.63, 3.8) is 0 Å². The van der Waals surface area contributed by atoms with E-state index in [1.54, 1.807) is 33.6 Å². The minimum atomic E-state index is -0.270. The number of ether oxygens (including phenoxy) is 1. The first-order valence-electron chi connectivity index (χ1n) is 11.0. The number of hydrogen-bond acceptors (Lipinski definition) is 7. The maximum atomic E-state index is 13.8. The number of aromatic nitrogens is 6. The van der Waals surface area contributed by atoms with E-state index in [1.165, 1.54) is 0 Å². The molecule has 6 rings (SSSR count). The molecule has 5 heterocycles. The van der Waals surface area contributed by atoms with E-state index >= 15 is 0 Å². The lowest BCUT2D eigenvalue weighted by atomic mass is 10.1. The van der Waals surface area contributed by atoms with Gasteiger partial charge in [-0.15, -0.1) is 0 Å². The molecule has 0 spiro atoms. The van der Waals surface area contributed by atoms with Gasteiger partial charge in [0.2, 0.25) is 5.82 Å². The van der Waals surface area contributed by atoms with Crippen molar-refractivity contribution < 1.29 is 9.26 Å². The lowest BCUT2D eigenvalue weighted by Crippen LogP contribution is -2.24. The van der Waals surface area contributed by atoms with Crippen molar-refractivity contribution in [1.82, 2.24) is 29.1 Å². The molecule has 0 aliphatic carbocycles. The first-order chi connectivity index (χ1) is 16.4. The van der Waals surface area contributed by atoms with Gasteiger partial charge in [0.25, 0.3) is 11.4 Å². The second-order valence-electron chi connectivity index (χ2n) is 9.02. The zero-order valence-corrected chi connectivity index (χ0v) is 19.4. The Bertz CT molecular complexity index is 1590. The Morgan fingerprint density at radius 2 is 2.06 bits per heavy atom. The number of benzene rings is 1. The molecule has 1 atom stereocenters. The van der Waals surface area contributed by atoms with Crippen molar-refractivity contribution >= 4 is 28.2 Å². The molecule has 1 unspecified atom stereocenters. The summed E-state index contributed by atoms with van der Waals surface area (Å²) in [5.41, 5.74) is 2.42. The van der Waals surface area contributed by atoms with E-state index in [4.69, 9.17) is 20.9 Å². The third kappa shape index (κ3) is 3.48. The number of pyridine rings is 1. The largest absolute Gasteiger partial charge is 0.363 e. The maximum absolute atomic E-state index is 13.8. The minimum Gasteiger partial charge on any atom is -0.363 e. The number of fused-ring (bicyclic) bond motifs is 3.